The van der Waals surface area contributed by atoms with Crippen LogP contribution in [0.2, 0.25) is 0 Å². The molecule has 1 aliphatic rings. The molecule has 0 saturated carbocycles. The average Bonchev–Trinajstić information content (AvgIpc) is 3.27. The van der Waals surface area contributed by atoms with Crippen molar-refractivity contribution in [2.24, 2.45) is 5.92 Å². The fourth-order valence-corrected chi connectivity index (χ4v) is 3.62. The second-order valence-corrected chi connectivity index (χ2v) is 7.21. The lowest BCUT2D eigenvalue weighted by atomic mass is 9.93. The lowest BCUT2D eigenvalue weighted by molar-refractivity contribution is 0.0717. The first kappa shape index (κ1) is 26.8. The van der Waals surface area contributed by atoms with Crippen LogP contribution >= 0.6 is 0 Å². The quantitative estimate of drug-likeness (QED) is 0.430. The molecule has 0 amide bonds. The van der Waals surface area contributed by atoms with E-state index in [4.69, 9.17) is 33.2 Å². The zero-order valence-electron chi connectivity index (χ0n) is 20.4. The predicted molar refractivity (Wildman–Crippen MR) is 126 cm³/mol. The molecular weight excluding hydrogens is 444 g/mol. The Morgan fingerprint density at radius 3 is 1.65 bits per heavy atom. The minimum Gasteiger partial charge on any atom is -0.493 e. The molecule has 0 spiro atoms. The van der Waals surface area contributed by atoms with Crippen LogP contribution in [0, 0.1) is 5.92 Å². The standard InChI is InChI=1S/C15H20O5.C10H12O4/c1-9-8-20-14(11(9)7-16)10-5-12(17-2)15(19-4)13(6-10)18-3;1-12-8-4-7(6-11)5-9(13-2)10(8)14-3/h5-6,11,14,16H,1,7-8H2,2-4H3;4-6H,1-3H3/t11-,14+;/m0./s1. The molecule has 2 aromatic rings. The summed E-state index contributed by atoms with van der Waals surface area (Å²) >= 11 is 0. The number of methoxy groups -OCH3 is 6. The Bertz CT molecular complexity index is 936. The van der Waals surface area contributed by atoms with Crippen LogP contribution in [0.25, 0.3) is 0 Å². The Balaban J connectivity index is 0.000000257. The summed E-state index contributed by atoms with van der Waals surface area (Å²) in [6, 6.07) is 6.86. The fraction of sp³-hybridized carbons (Fsp3) is 0.400. The molecule has 1 saturated heterocycles. The normalized spacial score (nSPS) is 16.7. The van der Waals surface area contributed by atoms with E-state index < -0.39 is 0 Å². The largest absolute Gasteiger partial charge is 0.493 e. The molecule has 2 aromatic carbocycles. The molecule has 1 aliphatic heterocycles. The van der Waals surface area contributed by atoms with E-state index in [9.17, 15) is 9.90 Å². The zero-order valence-corrected chi connectivity index (χ0v) is 20.4. The number of ether oxygens (including phenoxy) is 7. The number of hydrogen-bond acceptors (Lipinski definition) is 9. The van der Waals surface area contributed by atoms with Crippen LogP contribution in [0.4, 0.5) is 0 Å². The van der Waals surface area contributed by atoms with E-state index in [2.05, 4.69) is 6.58 Å². The summed E-state index contributed by atoms with van der Waals surface area (Å²) in [5.41, 5.74) is 2.25. The van der Waals surface area contributed by atoms with Crippen molar-refractivity contribution in [2.45, 2.75) is 6.10 Å². The number of hydrogen-bond donors (Lipinski definition) is 1. The highest BCUT2D eigenvalue weighted by Crippen LogP contribution is 2.44. The van der Waals surface area contributed by atoms with Crippen LogP contribution in [0.5, 0.6) is 34.5 Å². The Labute approximate surface area is 199 Å². The van der Waals surface area contributed by atoms with E-state index in [0.29, 0.717) is 46.7 Å². The van der Waals surface area contributed by atoms with Gasteiger partial charge in [-0.3, -0.25) is 4.79 Å². The van der Waals surface area contributed by atoms with Crippen LogP contribution < -0.4 is 28.4 Å². The Kier molecular flexibility index (Phi) is 10.0. The molecule has 3 rings (SSSR count). The lowest BCUT2D eigenvalue weighted by Gasteiger charge is -2.20. The van der Waals surface area contributed by atoms with E-state index in [0.717, 1.165) is 17.4 Å². The van der Waals surface area contributed by atoms with Crippen LogP contribution in [0.3, 0.4) is 0 Å². The molecule has 34 heavy (non-hydrogen) atoms. The van der Waals surface area contributed by atoms with Gasteiger partial charge in [-0.1, -0.05) is 6.58 Å². The van der Waals surface area contributed by atoms with Gasteiger partial charge in [0, 0.05) is 11.5 Å². The molecular formula is C25H32O9. The number of aldehydes is 1. The minimum atomic E-state index is -0.249. The van der Waals surface area contributed by atoms with Gasteiger partial charge < -0.3 is 38.3 Å². The summed E-state index contributed by atoms with van der Waals surface area (Å²) in [4.78, 5) is 10.6. The van der Waals surface area contributed by atoms with Gasteiger partial charge in [0.25, 0.3) is 0 Å². The predicted octanol–water partition coefficient (Wildman–Crippen LogP) is 3.47. The Morgan fingerprint density at radius 1 is 0.853 bits per heavy atom. The number of aliphatic hydroxyl groups is 1. The van der Waals surface area contributed by atoms with Crippen LogP contribution in [0.15, 0.2) is 36.4 Å². The van der Waals surface area contributed by atoms with Crippen LogP contribution in [0.1, 0.15) is 22.0 Å². The topological polar surface area (TPSA) is 102 Å². The highest BCUT2D eigenvalue weighted by Gasteiger charge is 2.33. The summed E-state index contributed by atoms with van der Waals surface area (Å²) < 4.78 is 36.9. The van der Waals surface area contributed by atoms with Gasteiger partial charge in [-0.05, 0) is 35.4 Å². The molecule has 9 heteroatoms. The number of benzene rings is 2. The van der Waals surface area contributed by atoms with Crippen molar-refractivity contribution in [1.82, 2.24) is 0 Å². The first-order valence-electron chi connectivity index (χ1n) is 10.4. The molecule has 2 atom stereocenters. The maximum Gasteiger partial charge on any atom is 0.203 e. The Morgan fingerprint density at radius 2 is 1.29 bits per heavy atom. The van der Waals surface area contributed by atoms with Crippen molar-refractivity contribution in [3.63, 3.8) is 0 Å². The zero-order chi connectivity index (χ0) is 25.3. The number of carbonyl (C=O) groups excluding carboxylic acids is 1. The first-order valence-corrected chi connectivity index (χ1v) is 10.4. The van der Waals surface area contributed by atoms with Crippen molar-refractivity contribution >= 4 is 6.29 Å². The second-order valence-electron chi connectivity index (χ2n) is 7.21. The third kappa shape index (κ3) is 5.73. The van der Waals surface area contributed by atoms with Gasteiger partial charge in [-0.2, -0.15) is 0 Å². The van der Waals surface area contributed by atoms with E-state index in [1.165, 1.54) is 21.3 Å². The third-order valence-corrected chi connectivity index (χ3v) is 5.37. The summed E-state index contributed by atoms with van der Waals surface area (Å²) in [5.74, 6) is 3.01. The number of aliphatic hydroxyl groups excluding tert-OH is 1. The molecule has 0 unspecified atom stereocenters. The van der Waals surface area contributed by atoms with E-state index in [1.54, 1.807) is 33.5 Å². The Hall–Kier alpha value is -3.43. The first-order chi connectivity index (χ1) is 16.4. The van der Waals surface area contributed by atoms with E-state index in [-0.39, 0.29) is 18.6 Å². The molecule has 0 bridgehead atoms. The molecule has 0 radical (unpaired) electrons. The van der Waals surface area contributed by atoms with Crippen LogP contribution in [-0.2, 0) is 4.74 Å². The van der Waals surface area contributed by atoms with Gasteiger partial charge in [-0.15, -0.1) is 0 Å². The van der Waals surface area contributed by atoms with Crippen molar-refractivity contribution in [3.8, 4) is 34.5 Å². The van der Waals surface area contributed by atoms with E-state index in [1.807, 2.05) is 12.1 Å². The van der Waals surface area contributed by atoms with Crippen LogP contribution in [-0.4, -0.2) is 67.3 Å². The lowest BCUT2D eigenvalue weighted by Crippen LogP contribution is -2.13. The molecule has 0 aliphatic carbocycles. The molecule has 1 N–H and O–H groups in total. The fourth-order valence-electron chi connectivity index (χ4n) is 3.62. The molecule has 0 aromatic heterocycles. The monoisotopic (exact) mass is 476 g/mol. The molecule has 186 valence electrons. The molecule has 1 fully saturated rings. The minimum absolute atomic E-state index is 0.000159. The maximum absolute atomic E-state index is 10.6. The third-order valence-electron chi connectivity index (χ3n) is 5.37. The SMILES string of the molecule is C=C1CO[C@H](c2cc(OC)c(OC)c(OC)c2)[C@H]1CO.COc1cc(C=O)cc(OC)c1OC. The molecule has 1 heterocycles. The summed E-state index contributed by atoms with van der Waals surface area (Å²) in [5, 5.41) is 9.49. The summed E-state index contributed by atoms with van der Waals surface area (Å²) in [6.07, 6.45) is 0.478. The van der Waals surface area contributed by atoms with Crippen molar-refractivity contribution in [1.29, 1.82) is 0 Å². The maximum atomic E-state index is 10.6. The molecule has 9 nitrogen and oxygen atoms in total. The summed E-state index contributed by atoms with van der Waals surface area (Å²) in [6.45, 7) is 4.38. The van der Waals surface area contributed by atoms with Gasteiger partial charge in [0.2, 0.25) is 11.5 Å². The number of carbonyl (C=O) groups is 1. The van der Waals surface area contributed by atoms with Crippen molar-refractivity contribution in [3.05, 3.63) is 47.5 Å². The van der Waals surface area contributed by atoms with Gasteiger partial charge in [-0.25, -0.2) is 0 Å². The van der Waals surface area contributed by atoms with Gasteiger partial charge >= 0.3 is 0 Å². The van der Waals surface area contributed by atoms with Gasteiger partial charge in [0.15, 0.2) is 23.0 Å². The smallest absolute Gasteiger partial charge is 0.203 e. The second kappa shape index (κ2) is 12.7. The number of rotatable bonds is 9. The average molecular weight is 477 g/mol. The summed E-state index contributed by atoms with van der Waals surface area (Å²) in [7, 11) is 9.22. The van der Waals surface area contributed by atoms with E-state index >= 15 is 0 Å². The van der Waals surface area contributed by atoms with Crippen molar-refractivity contribution < 1.29 is 43.1 Å². The highest BCUT2D eigenvalue weighted by atomic mass is 16.5. The highest BCUT2D eigenvalue weighted by molar-refractivity contribution is 5.78. The van der Waals surface area contributed by atoms with Gasteiger partial charge in [0.1, 0.15) is 6.29 Å². The van der Waals surface area contributed by atoms with Crippen molar-refractivity contribution in [2.75, 3.05) is 55.9 Å². The van der Waals surface area contributed by atoms with Gasteiger partial charge in [0.05, 0.1) is 62.0 Å².